The topological polar surface area (TPSA) is 64.4 Å². The number of anilines is 1. The highest BCUT2D eigenvalue weighted by Crippen LogP contribution is 2.29. The number of aryl methyl sites for hydroxylation is 1. The number of nitrogens with one attached hydrogen (secondary N) is 1. The van der Waals surface area contributed by atoms with Gasteiger partial charge in [0, 0.05) is 5.56 Å². The van der Waals surface area contributed by atoms with Crippen molar-refractivity contribution in [2.45, 2.75) is 13.5 Å². The molecule has 0 aliphatic carbocycles. The van der Waals surface area contributed by atoms with E-state index in [-0.39, 0.29) is 6.61 Å². The van der Waals surface area contributed by atoms with E-state index in [9.17, 15) is 4.79 Å². The van der Waals surface area contributed by atoms with Gasteiger partial charge in [-0.05, 0) is 12.5 Å². The van der Waals surface area contributed by atoms with E-state index in [1.54, 1.807) is 6.92 Å². The Labute approximate surface area is 133 Å². The lowest BCUT2D eigenvalue weighted by Gasteiger charge is -2.07. The lowest BCUT2D eigenvalue weighted by molar-refractivity contribution is 0.155. The van der Waals surface area contributed by atoms with Crippen molar-refractivity contribution in [2.24, 2.45) is 0 Å². The molecule has 1 N–H and O–H groups in total. The van der Waals surface area contributed by atoms with Crippen LogP contribution in [0.3, 0.4) is 0 Å². The summed E-state index contributed by atoms with van der Waals surface area (Å²) in [6.45, 7) is 1.95. The van der Waals surface area contributed by atoms with Gasteiger partial charge in [0.15, 0.2) is 5.76 Å². The second kappa shape index (κ2) is 6.79. The van der Waals surface area contributed by atoms with Crippen LogP contribution in [-0.4, -0.2) is 11.2 Å². The van der Waals surface area contributed by atoms with E-state index < -0.39 is 6.09 Å². The first-order valence-corrected chi connectivity index (χ1v) is 7.23. The monoisotopic (exact) mass is 308 g/mol. The quantitative estimate of drug-likeness (QED) is 0.776. The fraction of sp³-hybridized carbons (Fsp3) is 0.111. The van der Waals surface area contributed by atoms with Gasteiger partial charge < -0.3 is 9.26 Å². The summed E-state index contributed by atoms with van der Waals surface area (Å²) in [5, 5.41) is 6.72. The van der Waals surface area contributed by atoms with Gasteiger partial charge in [-0.15, -0.1) is 0 Å². The van der Waals surface area contributed by atoms with Gasteiger partial charge in [-0.25, -0.2) is 4.79 Å². The molecule has 1 aromatic heterocycles. The van der Waals surface area contributed by atoms with E-state index in [1.165, 1.54) is 0 Å². The number of benzene rings is 2. The summed E-state index contributed by atoms with van der Waals surface area (Å²) in [4.78, 5) is 12.0. The van der Waals surface area contributed by atoms with Crippen molar-refractivity contribution in [1.82, 2.24) is 5.16 Å². The zero-order valence-electron chi connectivity index (χ0n) is 12.7. The minimum atomic E-state index is -0.544. The minimum Gasteiger partial charge on any atom is -0.444 e. The van der Waals surface area contributed by atoms with Crippen molar-refractivity contribution in [1.29, 1.82) is 0 Å². The molecule has 1 heterocycles. The van der Waals surface area contributed by atoms with Gasteiger partial charge >= 0.3 is 6.09 Å². The average Bonchev–Trinajstić information content (AvgIpc) is 2.95. The van der Waals surface area contributed by atoms with Crippen LogP contribution in [0.2, 0.25) is 0 Å². The molecule has 0 saturated heterocycles. The van der Waals surface area contributed by atoms with E-state index in [4.69, 9.17) is 9.26 Å². The summed E-state index contributed by atoms with van der Waals surface area (Å²) in [6, 6.07) is 19.0. The highest BCUT2D eigenvalue weighted by molar-refractivity contribution is 5.90. The molecule has 5 heteroatoms. The van der Waals surface area contributed by atoms with Gasteiger partial charge in [0.05, 0.1) is 0 Å². The highest BCUT2D eigenvalue weighted by atomic mass is 16.5. The molecule has 5 nitrogen and oxygen atoms in total. The summed E-state index contributed by atoms with van der Waals surface area (Å²) < 4.78 is 10.4. The van der Waals surface area contributed by atoms with Gasteiger partial charge in [-0.3, -0.25) is 5.32 Å². The fourth-order valence-corrected chi connectivity index (χ4v) is 2.17. The molecule has 0 aliphatic rings. The molecule has 0 bridgehead atoms. The Morgan fingerprint density at radius 2 is 1.74 bits per heavy atom. The minimum absolute atomic E-state index is 0.206. The predicted octanol–water partition coefficient (Wildman–Crippen LogP) is 4.40. The number of nitrogens with zero attached hydrogens (tertiary/aromatic N) is 1. The summed E-state index contributed by atoms with van der Waals surface area (Å²) in [6.07, 6.45) is -0.544. The first-order chi connectivity index (χ1) is 11.2. The number of rotatable bonds is 4. The largest absolute Gasteiger partial charge is 0.444 e. The molecule has 0 unspecified atom stereocenters. The van der Waals surface area contributed by atoms with Gasteiger partial charge in [-0.1, -0.05) is 65.8 Å². The van der Waals surface area contributed by atoms with Crippen molar-refractivity contribution in [2.75, 3.05) is 5.32 Å². The second-order valence-corrected chi connectivity index (χ2v) is 5.02. The third-order valence-corrected chi connectivity index (χ3v) is 3.35. The van der Waals surface area contributed by atoms with Crippen molar-refractivity contribution in [3.05, 3.63) is 72.0 Å². The van der Waals surface area contributed by atoms with Crippen molar-refractivity contribution in [3.63, 3.8) is 0 Å². The number of aromatic nitrogens is 1. The highest BCUT2D eigenvalue weighted by Gasteiger charge is 2.17. The molecule has 0 spiro atoms. The van der Waals surface area contributed by atoms with Crippen molar-refractivity contribution < 1.29 is 14.1 Å². The van der Waals surface area contributed by atoms with Crippen LogP contribution in [0.4, 0.5) is 10.5 Å². The Morgan fingerprint density at radius 3 is 2.43 bits per heavy atom. The van der Waals surface area contributed by atoms with Crippen LogP contribution in [-0.2, 0) is 11.3 Å². The molecule has 0 radical (unpaired) electrons. The van der Waals surface area contributed by atoms with Crippen LogP contribution in [0.25, 0.3) is 11.3 Å². The maximum Gasteiger partial charge on any atom is 0.412 e. The Morgan fingerprint density at radius 1 is 1.09 bits per heavy atom. The molecule has 0 aliphatic heterocycles. The van der Waals surface area contributed by atoms with E-state index in [2.05, 4.69) is 10.5 Å². The lowest BCUT2D eigenvalue weighted by Crippen LogP contribution is -2.14. The smallest absolute Gasteiger partial charge is 0.412 e. The molecule has 0 saturated carbocycles. The first-order valence-electron chi connectivity index (χ1n) is 7.23. The van der Waals surface area contributed by atoms with Crippen LogP contribution in [0.15, 0.2) is 65.2 Å². The normalized spacial score (nSPS) is 10.3. The molecule has 23 heavy (non-hydrogen) atoms. The summed E-state index contributed by atoms with van der Waals surface area (Å²) in [5.74, 6) is 0.528. The maximum atomic E-state index is 12.0. The standard InChI is InChI=1S/C18H16N2O3/c1-13-16(17(20-23-13)15-10-6-3-7-11-15)19-18(21)22-12-14-8-4-2-5-9-14/h2-11H,12H2,1H3,(H,19,21). The molecular formula is C18H16N2O3. The summed E-state index contributed by atoms with van der Waals surface area (Å²) >= 11 is 0. The Balaban J connectivity index is 1.70. The van der Waals surface area contributed by atoms with E-state index in [1.807, 2.05) is 60.7 Å². The average molecular weight is 308 g/mol. The number of carbonyl (C=O) groups excluding carboxylic acids is 1. The van der Waals surface area contributed by atoms with E-state index in [0.717, 1.165) is 11.1 Å². The Kier molecular flexibility index (Phi) is 4.38. The van der Waals surface area contributed by atoms with Gasteiger partial charge in [0.1, 0.15) is 18.0 Å². The molecule has 1 amide bonds. The molecule has 0 atom stereocenters. The van der Waals surface area contributed by atoms with Crippen molar-refractivity contribution in [3.8, 4) is 11.3 Å². The van der Waals surface area contributed by atoms with Crippen LogP contribution in [0, 0.1) is 6.92 Å². The number of ether oxygens (including phenoxy) is 1. The third-order valence-electron chi connectivity index (χ3n) is 3.35. The van der Waals surface area contributed by atoms with Crippen LogP contribution < -0.4 is 5.32 Å². The van der Waals surface area contributed by atoms with Crippen LogP contribution >= 0.6 is 0 Å². The predicted molar refractivity (Wildman–Crippen MR) is 86.9 cm³/mol. The van der Waals surface area contributed by atoms with Crippen LogP contribution in [0.1, 0.15) is 11.3 Å². The zero-order valence-corrected chi connectivity index (χ0v) is 12.7. The summed E-state index contributed by atoms with van der Waals surface area (Å²) in [5.41, 5.74) is 2.89. The Bertz CT molecular complexity index is 783. The third kappa shape index (κ3) is 3.58. The van der Waals surface area contributed by atoms with Crippen LogP contribution in [0.5, 0.6) is 0 Å². The molecule has 0 fully saturated rings. The van der Waals surface area contributed by atoms with Crippen molar-refractivity contribution >= 4 is 11.8 Å². The molecular weight excluding hydrogens is 292 g/mol. The Hall–Kier alpha value is -3.08. The fourth-order valence-electron chi connectivity index (χ4n) is 2.17. The second-order valence-electron chi connectivity index (χ2n) is 5.02. The van der Waals surface area contributed by atoms with Gasteiger partial charge in [-0.2, -0.15) is 0 Å². The number of hydrogen-bond acceptors (Lipinski definition) is 4. The number of hydrogen-bond donors (Lipinski definition) is 1. The van der Waals surface area contributed by atoms with Gasteiger partial charge in [0.25, 0.3) is 0 Å². The number of amides is 1. The molecule has 2 aromatic carbocycles. The lowest BCUT2D eigenvalue weighted by atomic mass is 10.1. The molecule has 116 valence electrons. The first kappa shape index (κ1) is 14.8. The van der Waals surface area contributed by atoms with E-state index in [0.29, 0.717) is 17.1 Å². The summed E-state index contributed by atoms with van der Waals surface area (Å²) in [7, 11) is 0. The number of carbonyl (C=O) groups is 1. The molecule has 3 aromatic rings. The zero-order chi connectivity index (χ0) is 16.1. The molecule has 3 rings (SSSR count). The SMILES string of the molecule is Cc1onc(-c2ccccc2)c1NC(=O)OCc1ccccc1. The van der Waals surface area contributed by atoms with Gasteiger partial charge in [0.2, 0.25) is 0 Å². The maximum absolute atomic E-state index is 12.0. The van der Waals surface area contributed by atoms with E-state index >= 15 is 0 Å².